The molecule has 0 saturated carbocycles. The average Bonchev–Trinajstić information content (AvgIpc) is 2.02. The SMILES string of the molecule is CC(C)CC(=O)NCCCN=[N+]=[N-]. The normalized spacial score (nSPS) is 9.46. The third-order valence-electron chi connectivity index (χ3n) is 1.41. The molecule has 0 rings (SSSR count). The Morgan fingerprint density at radius 1 is 1.62 bits per heavy atom. The smallest absolute Gasteiger partial charge is 0.220 e. The van der Waals surface area contributed by atoms with Crippen LogP contribution in [0, 0.1) is 5.92 Å². The van der Waals surface area contributed by atoms with Gasteiger partial charge >= 0.3 is 0 Å². The van der Waals surface area contributed by atoms with Crippen molar-refractivity contribution < 1.29 is 4.79 Å². The van der Waals surface area contributed by atoms with E-state index in [0.29, 0.717) is 31.8 Å². The maximum atomic E-state index is 11.1. The maximum Gasteiger partial charge on any atom is 0.220 e. The summed E-state index contributed by atoms with van der Waals surface area (Å²) < 4.78 is 0. The molecule has 0 aromatic rings. The zero-order chi connectivity index (χ0) is 10.1. The highest BCUT2D eigenvalue weighted by Crippen LogP contribution is 1.97. The quantitative estimate of drug-likeness (QED) is 0.291. The van der Waals surface area contributed by atoms with Crippen LogP contribution in [0.2, 0.25) is 0 Å². The van der Waals surface area contributed by atoms with E-state index in [1.54, 1.807) is 0 Å². The molecule has 0 heterocycles. The van der Waals surface area contributed by atoms with Gasteiger partial charge in [0.05, 0.1) is 0 Å². The van der Waals surface area contributed by atoms with Crippen LogP contribution in [0.25, 0.3) is 10.4 Å². The van der Waals surface area contributed by atoms with E-state index in [-0.39, 0.29) is 5.91 Å². The topological polar surface area (TPSA) is 77.9 Å². The van der Waals surface area contributed by atoms with Gasteiger partial charge in [-0.3, -0.25) is 4.79 Å². The van der Waals surface area contributed by atoms with E-state index in [0.717, 1.165) is 0 Å². The third-order valence-corrected chi connectivity index (χ3v) is 1.41. The minimum absolute atomic E-state index is 0.0657. The van der Waals surface area contributed by atoms with Gasteiger partial charge in [-0.1, -0.05) is 19.0 Å². The molecule has 1 N–H and O–H groups in total. The Labute approximate surface area is 78.1 Å². The van der Waals surface area contributed by atoms with Crippen LogP contribution in [-0.2, 0) is 4.79 Å². The van der Waals surface area contributed by atoms with Crippen molar-refractivity contribution in [2.24, 2.45) is 11.0 Å². The summed E-state index contributed by atoms with van der Waals surface area (Å²) in [5.74, 6) is 0.452. The molecule has 5 nitrogen and oxygen atoms in total. The van der Waals surface area contributed by atoms with Crippen LogP contribution in [0.3, 0.4) is 0 Å². The third kappa shape index (κ3) is 8.69. The van der Waals surface area contributed by atoms with Gasteiger partial charge in [0.1, 0.15) is 0 Å². The van der Waals surface area contributed by atoms with Crippen molar-refractivity contribution in [2.75, 3.05) is 13.1 Å². The van der Waals surface area contributed by atoms with Crippen LogP contribution in [0.15, 0.2) is 5.11 Å². The second-order valence-corrected chi connectivity index (χ2v) is 3.26. The molecule has 0 aliphatic carbocycles. The lowest BCUT2D eigenvalue weighted by molar-refractivity contribution is -0.121. The first-order valence-electron chi connectivity index (χ1n) is 4.44. The Balaban J connectivity index is 3.32. The fourth-order valence-corrected chi connectivity index (χ4v) is 0.865. The first kappa shape index (κ1) is 11.8. The summed E-state index contributed by atoms with van der Waals surface area (Å²) in [6, 6.07) is 0. The zero-order valence-corrected chi connectivity index (χ0v) is 8.16. The summed E-state index contributed by atoms with van der Waals surface area (Å²) in [6.45, 7) is 5.03. The van der Waals surface area contributed by atoms with Crippen molar-refractivity contribution >= 4 is 5.91 Å². The van der Waals surface area contributed by atoms with E-state index in [4.69, 9.17) is 5.53 Å². The van der Waals surface area contributed by atoms with Crippen LogP contribution >= 0.6 is 0 Å². The van der Waals surface area contributed by atoms with E-state index in [1.807, 2.05) is 13.8 Å². The van der Waals surface area contributed by atoms with Crippen LogP contribution in [0.1, 0.15) is 26.7 Å². The maximum absolute atomic E-state index is 11.1. The van der Waals surface area contributed by atoms with Crippen molar-refractivity contribution in [3.05, 3.63) is 10.4 Å². The van der Waals surface area contributed by atoms with Gasteiger partial charge in [0.15, 0.2) is 0 Å². The number of amides is 1. The standard InChI is InChI=1S/C8H16N4O/c1-7(2)6-8(13)10-4-3-5-11-12-9/h7H,3-6H2,1-2H3,(H,10,13). The van der Waals surface area contributed by atoms with Gasteiger partial charge < -0.3 is 5.32 Å². The molecule has 5 heteroatoms. The van der Waals surface area contributed by atoms with E-state index in [2.05, 4.69) is 15.3 Å². The monoisotopic (exact) mass is 184 g/mol. The van der Waals surface area contributed by atoms with Crippen molar-refractivity contribution in [3.8, 4) is 0 Å². The molecule has 0 unspecified atom stereocenters. The predicted octanol–water partition coefficient (Wildman–Crippen LogP) is 1.85. The second kappa shape index (κ2) is 7.43. The molecule has 0 fully saturated rings. The minimum Gasteiger partial charge on any atom is -0.356 e. The summed E-state index contributed by atoms with van der Waals surface area (Å²) >= 11 is 0. The molecule has 0 aromatic heterocycles. The molecule has 1 amide bonds. The Bertz CT molecular complexity index is 196. The lowest BCUT2D eigenvalue weighted by Crippen LogP contribution is -2.25. The summed E-state index contributed by atoms with van der Waals surface area (Å²) in [6.07, 6.45) is 1.26. The second-order valence-electron chi connectivity index (χ2n) is 3.26. The summed E-state index contributed by atoms with van der Waals surface area (Å²) in [5.41, 5.74) is 7.96. The van der Waals surface area contributed by atoms with Crippen molar-refractivity contribution in [3.63, 3.8) is 0 Å². The fraction of sp³-hybridized carbons (Fsp3) is 0.875. The fourth-order valence-electron chi connectivity index (χ4n) is 0.865. The largest absolute Gasteiger partial charge is 0.356 e. The number of rotatable bonds is 6. The first-order valence-corrected chi connectivity index (χ1v) is 4.44. The summed E-state index contributed by atoms with van der Waals surface area (Å²) in [4.78, 5) is 13.7. The lowest BCUT2D eigenvalue weighted by atomic mass is 10.1. The number of nitrogens with zero attached hydrogens (tertiary/aromatic N) is 3. The van der Waals surface area contributed by atoms with Gasteiger partial charge in [0.2, 0.25) is 5.91 Å². The number of hydrogen-bond donors (Lipinski definition) is 1. The van der Waals surface area contributed by atoms with Gasteiger partial charge in [-0.15, -0.1) is 0 Å². The van der Waals surface area contributed by atoms with Crippen LogP contribution < -0.4 is 5.32 Å². The Morgan fingerprint density at radius 2 is 2.31 bits per heavy atom. The zero-order valence-electron chi connectivity index (χ0n) is 8.16. The molecular formula is C8H16N4O. The van der Waals surface area contributed by atoms with E-state index < -0.39 is 0 Å². The first-order chi connectivity index (χ1) is 6.16. The van der Waals surface area contributed by atoms with Crippen LogP contribution in [0.4, 0.5) is 0 Å². The summed E-state index contributed by atoms with van der Waals surface area (Å²) in [7, 11) is 0. The molecule has 13 heavy (non-hydrogen) atoms. The average molecular weight is 184 g/mol. The predicted molar refractivity (Wildman–Crippen MR) is 51.1 cm³/mol. The molecule has 0 aromatic carbocycles. The van der Waals surface area contributed by atoms with Crippen LogP contribution in [0.5, 0.6) is 0 Å². The summed E-state index contributed by atoms with van der Waals surface area (Å²) in [5, 5.41) is 6.11. The van der Waals surface area contributed by atoms with E-state index in [1.165, 1.54) is 0 Å². The molecule has 0 aliphatic heterocycles. The number of carbonyl (C=O) groups excluding carboxylic acids is 1. The molecule has 74 valence electrons. The van der Waals surface area contributed by atoms with Gasteiger partial charge in [-0.25, -0.2) is 0 Å². The number of azide groups is 1. The highest BCUT2D eigenvalue weighted by molar-refractivity contribution is 5.75. The highest BCUT2D eigenvalue weighted by atomic mass is 16.1. The number of hydrogen-bond acceptors (Lipinski definition) is 2. The Morgan fingerprint density at radius 3 is 2.85 bits per heavy atom. The molecule has 0 radical (unpaired) electrons. The van der Waals surface area contributed by atoms with Crippen molar-refractivity contribution in [1.82, 2.24) is 5.32 Å². The molecular weight excluding hydrogens is 168 g/mol. The van der Waals surface area contributed by atoms with Gasteiger partial charge in [-0.2, -0.15) is 0 Å². The van der Waals surface area contributed by atoms with E-state index in [9.17, 15) is 4.79 Å². The Kier molecular flexibility index (Phi) is 6.73. The molecule has 0 atom stereocenters. The Hall–Kier alpha value is -1.22. The highest BCUT2D eigenvalue weighted by Gasteiger charge is 2.02. The van der Waals surface area contributed by atoms with E-state index >= 15 is 0 Å². The van der Waals surface area contributed by atoms with Gasteiger partial charge in [0, 0.05) is 24.4 Å². The number of carbonyl (C=O) groups is 1. The van der Waals surface area contributed by atoms with Crippen LogP contribution in [-0.4, -0.2) is 19.0 Å². The van der Waals surface area contributed by atoms with Crippen molar-refractivity contribution in [2.45, 2.75) is 26.7 Å². The van der Waals surface area contributed by atoms with Gasteiger partial charge in [0.25, 0.3) is 0 Å². The molecule has 0 aliphatic rings. The van der Waals surface area contributed by atoms with Crippen molar-refractivity contribution in [1.29, 1.82) is 0 Å². The minimum atomic E-state index is 0.0657. The number of nitrogens with one attached hydrogen (secondary N) is 1. The van der Waals surface area contributed by atoms with Gasteiger partial charge in [-0.05, 0) is 17.9 Å². The molecule has 0 bridgehead atoms. The molecule has 0 spiro atoms. The molecule has 0 saturated heterocycles. The lowest BCUT2D eigenvalue weighted by Gasteiger charge is -2.05.